The number of anilines is 1. The van der Waals surface area contributed by atoms with E-state index in [0.29, 0.717) is 12.1 Å². The maximum absolute atomic E-state index is 14.1. The molecule has 0 N–H and O–H groups in total. The van der Waals surface area contributed by atoms with Crippen molar-refractivity contribution in [1.29, 1.82) is 5.26 Å². The first-order valence-corrected chi connectivity index (χ1v) is 6.49. The minimum absolute atomic E-state index is 0.0940. The van der Waals surface area contributed by atoms with Gasteiger partial charge in [0.25, 0.3) is 0 Å². The van der Waals surface area contributed by atoms with Crippen LogP contribution in [0.5, 0.6) is 0 Å². The molecule has 102 valence electrons. The van der Waals surface area contributed by atoms with Gasteiger partial charge in [-0.1, -0.05) is 29.8 Å². The summed E-state index contributed by atoms with van der Waals surface area (Å²) in [6.07, 6.45) is 0. The van der Waals surface area contributed by atoms with Crippen molar-refractivity contribution in [2.45, 2.75) is 20.4 Å². The summed E-state index contributed by atoms with van der Waals surface area (Å²) in [4.78, 5) is 1.99. The highest BCUT2D eigenvalue weighted by atomic mass is 19.1. The molecule has 2 nitrogen and oxygen atoms in total. The summed E-state index contributed by atoms with van der Waals surface area (Å²) in [7, 11) is 1.93. The molecule has 3 heteroatoms. The Kier molecular flexibility index (Phi) is 4.05. The van der Waals surface area contributed by atoms with Crippen LogP contribution in [0.2, 0.25) is 0 Å². The van der Waals surface area contributed by atoms with E-state index in [9.17, 15) is 4.39 Å². The maximum atomic E-state index is 14.1. The summed E-state index contributed by atoms with van der Waals surface area (Å²) in [5, 5.41) is 8.87. The third kappa shape index (κ3) is 2.80. The molecule has 2 aromatic rings. The van der Waals surface area contributed by atoms with Gasteiger partial charge in [0.15, 0.2) is 0 Å². The van der Waals surface area contributed by atoms with Gasteiger partial charge in [0, 0.05) is 24.8 Å². The first kappa shape index (κ1) is 14.1. The van der Waals surface area contributed by atoms with Gasteiger partial charge in [-0.3, -0.25) is 0 Å². The fraction of sp³-hybridized carbons (Fsp3) is 0.235. The fourth-order valence-electron chi connectivity index (χ4n) is 2.36. The molecule has 0 saturated heterocycles. The van der Waals surface area contributed by atoms with Crippen LogP contribution in [-0.2, 0) is 6.54 Å². The molecule has 2 rings (SSSR count). The number of nitriles is 1. The highest BCUT2D eigenvalue weighted by Crippen LogP contribution is 2.23. The minimum Gasteiger partial charge on any atom is -0.370 e. The molecule has 0 atom stereocenters. The molecule has 0 aliphatic carbocycles. The second kappa shape index (κ2) is 5.75. The number of nitrogens with zero attached hydrogens (tertiary/aromatic N) is 2. The van der Waals surface area contributed by atoms with E-state index in [1.165, 1.54) is 11.6 Å². The van der Waals surface area contributed by atoms with Crippen LogP contribution >= 0.6 is 0 Å². The van der Waals surface area contributed by atoms with Crippen LogP contribution in [0, 0.1) is 31.0 Å². The quantitative estimate of drug-likeness (QED) is 0.842. The van der Waals surface area contributed by atoms with E-state index < -0.39 is 5.82 Å². The Morgan fingerprint density at radius 1 is 1.20 bits per heavy atom. The van der Waals surface area contributed by atoms with Crippen molar-refractivity contribution in [2.75, 3.05) is 11.9 Å². The zero-order valence-electron chi connectivity index (χ0n) is 11.9. The van der Waals surface area contributed by atoms with Gasteiger partial charge in [-0.15, -0.1) is 0 Å². The molecule has 20 heavy (non-hydrogen) atoms. The summed E-state index contributed by atoms with van der Waals surface area (Å²) in [6, 6.07) is 13.0. The summed E-state index contributed by atoms with van der Waals surface area (Å²) >= 11 is 0. The van der Waals surface area contributed by atoms with Crippen LogP contribution in [0.15, 0.2) is 36.4 Å². The largest absolute Gasteiger partial charge is 0.370 e. The monoisotopic (exact) mass is 268 g/mol. The Balaban J connectivity index is 2.28. The van der Waals surface area contributed by atoms with E-state index in [-0.39, 0.29) is 5.56 Å². The molecule has 0 saturated carbocycles. The second-order valence-corrected chi connectivity index (χ2v) is 5.04. The van der Waals surface area contributed by atoms with Crippen molar-refractivity contribution in [2.24, 2.45) is 0 Å². The molecule has 0 unspecified atom stereocenters. The Bertz CT molecular complexity index is 671. The molecule has 0 heterocycles. The van der Waals surface area contributed by atoms with Gasteiger partial charge >= 0.3 is 0 Å². The van der Waals surface area contributed by atoms with Gasteiger partial charge in [-0.2, -0.15) is 5.26 Å². The summed E-state index contributed by atoms with van der Waals surface area (Å²) < 4.78 is 14.1. The third-order valence-electron chi connectivity index (χ3n) is 3.37. The zero-order valence-corrected chi connectivity index (χ0v) is 11.9. The van der Waals surface area contributed by atoms with Crippen LogP contribution in [-0.4, -0.2) is 7.05 Å². The van der Waals surface area contributed by atoms with Crippen molar-refractivity contribution in [3.05, 3.63) is 64.5 Å². The zero-order chi connectivity index (χ0) is 14.7. The van der Waals surface area contributed by atoms with E-state index in [1.807, 2.05) is 44.0 Å². The van der Waals surface area contributed by atoms with E-state index in [2.05, 4.69) is 6.07 Å². The minimum atomic E-state index is -0.424. The van der Waals surface area contributed by atoms with E-state index in [4.69, 9.17) is 5.26 Å². The lowest BCUT2D eigenvalue weighted by molar-refractivity contribution is 0.604. The number of halogens is 1. The summed E-state index contributed by atoms with van der Waals surface area (Å²) in [6.45, 7) is 4.53. The topological polar surface area (TPSA) is 27.0 Å². The normalized spacial score (nSPS) is 10.2. The van der Waals surface area contributed by atoms with Crippen molar-refractivity contribution < 1.29 is 4.39 Å². The van der Waals surface area contributed by atoms with E-state index in [0.717, 1.165) is 11.3 Å². The third-order valence-corrected chi connectivity index (χ3v) is 3.37. The molecule has 0 bridgehead atoms. The molecule has 2 aromatic carbocycles. The Morgan fingerprint density at radius 3 is 2.60 bits per heavy atom. The predicted octanol–water partition coefficient (Wildman–Crippen LogP) is 3.95. The van der Waals surface area contributed by atoms with Crippen molar-refractivity contribution in [3.63, 3.8) is 0 Å². The number of hydrogen-bond acceptors (Lipinski definition) is 2. The molecule has 0 amide bonds. The van der Waals surface area contributed by atoms with E-state index >= 15 is 0 Å². The van der Waals surface area contributed by atoms with Gasteiger partial charge in [0.05, 0.1) is 5.56 Å². The van der Waals surface area contributed by atoms with Crippen LogP contribution in [0.3, 0.4) is 0 Å². The van der Waals surface area contributed by atoms with Gasteiger partial charge in [-0.25, -0.2) is 4.39 Å². The van der Waals surface area contributed by atoms with Crippen LogP contribution < -0.4 is 4.90 Å². The van der Waals surface area contributed by atoms with Crippen LogP contribution in [0.1, 0.15) is 22.3 Å². The molecule has 0 spiro atoms. The lowest BCUT2D eigenvalue weighted by Gasteiger charge is -2.22. The first-order chi connectivity index (χ1) is 9.52. The smallest absolute Gasteiger partial charge is 0.145 e. The van der Waals surface area contributed by atoms with Crippen LogP contribution in [0.25, 0.3) is 0 Å². The van der Waals surface area contributed by atoms with Crippen molar-refractivity contribution >= 4 is 5.69 Å². The van der Waals surface area contributed by atoms with Gasteiger partial charge in [0.1, 0.15) is 11.9 Å². The maximum Gasteiger partial charge on any atom is 0.145 e. The molecule has 0 fully saturated rings. The average molecular weight is 268 g/mol. The number of benzene rings is 2. The predicted molar refractivity (Wildman–Crippen MR) is 79.1 cm³/mol. The molecular weight excluding hydrogens is 251 g/mol. The van der Waals surface area contributed by atoms with Gasteiger partial charge in [0.2, 0.25) is 0 Å². The van der Waals surface area contributed by atoms with Crippen molar-refractivity contribution in [3.8, 4) is 6.07 Å². The molecule has 0 aliphatic heterocycles. The fourth-order valence-corrected chi connectivity index (χ4v) is 2.36. The number of rotatable bonds is 3. The van der Waals surface area contributed by atoms with Gasteiger partial charge < -0.3 is 4.90 Å². The Hall–Kier alpha value is -2.34. The summed E-state index contributed by atoms with van der Waals surface area (Å²) in [5.74, 6) is -0.424. The number of aryl methyl sites for hydroxylation is 2. The van der Waals surface area contributed by atoms with E-state index in [1.54, 1.807) is 12.1 Å². The number of hydrogen-bond donors (Lipinski definition) is 0. The molecule has 0 aliphatic rings. The molecule has 0 aromatic heterocycles. The second-order valence-electron chi connectivity index (χ2n) is 5.04. The van der Waals surface area contributed by atoms with Gasteiger partial charge in [-0.05, 0) is 31.5 Å². The molecular formula is C17H17FN2. The summed E-state index contributed by atoms with van der Waals surface area (Å²) in [5.41, 5.74) is 4.06. The Labute approximate surface area is 119 Å². The van der Waals surface area contributed by atoms with Crippen LogP contribution in [0.4, 0.5) is 10.1 Å². The van der Waals surface area contributed by atoms with Crippen molar-refractivity contribution in [1.82, 2.24) is 0 Å². The highest BCUT2D eigenvalue weighted by Gasteiger charge is 2.11. The highest BCUT2D eigenvalue weighted by molar-refractivity contribution is 5.54. The Morgan fingerprint density at radius 2 is 1.95 bits per heavy atom. The SMILES string of the molecule is Cc1ccc(N(C)Cc2cccc(C#N)c2F)c(C)c1. The lowest BCUT2D eigenvalue weighted by atomic mass is 10.1. The standard InChI is InChI=1S/C17H17FN2/c1-12-7-8-16(13(2)9-12)20(3)11-15-6-4-5-14(10-19)17(15)18/h4-9H,11H2,1-3H3. The first-order valence-electron chi connectivity index (χ1n) is 6.49. The molecule has 0 radical (unpaired) electrons. The lowest BCUT2D eigenvalue weighted by Crippen LogP contribution is -2.18. The average Bonchev–Trinajstić information content (AvgIpc) is 2.41.